The number of carbonyl (C=O) groups is 1. The van der Waals surface area contributed by atoms with Gasteiger partial charge in [-0.2, -0.15) is 0 Å². The Morgan fingerprint density at radius 1 is 1.61 bits per heavy atom. The summed E-state index contributed by atoms with van der Waals surface area (Å²) < 4.78 is 5.23. The molecule has 0 radical (unpaired) electrons. The summed E-state index contributed by atoms with van der Waals surface area (Å²) in [6, 6.07) is 0. The summed E-state index contributed by atoms with van der Waals surface area (Å²) in [6.45, 7) is 3.22. The molecule has 1 fully saturated rings. The van der Waals surface area contributed by atoms with Crippen LogP contribution in [0.3, 0.4) is 0 Å². The van der Waals surface area contributed by atoms with Crippen LogP contribution in [0.5, 0.6) is 0 Å². The van der Waals surface area contributed by atoms with Crippen molar-refractivity contribution in [2.45, 2.75) is 19.4 Å². The third-order valence-corrected chi connectivity index (χ3v) is 4.45. The molecule has 6 heteroatoms. The van der Waals surface area contributed by atoms with Crippen LogP contribution in [0, 0.1) is 5.92 Å². The molecule has 1 N–H and O–H groups in total. The molecule has 3 rings (SSSR count). The van der Waals surface area contributed by atoms with Crippen molar-refractivity contribution in [3.05, 3.63) is 10.6 Å². The monoisotopic (exact) mass is 267 g/mol. The smallest absolute Gasteiger partial charge is 0.231 e. The number of anilines is 1. The average Bonchev–Trinajstić information content (AvgIpc) is 2.95. The Balaban J connectivity index is 1.68. The SMILES string of the molecule is CN1CCc2nc(NC(=O)C3CCOC3)sc2C1. The van der Waals surface area contributed by atoms with Crippen LogP contribution < -0.4 is 5.32 Å². The van der Waals surface area contributed by atoms with Crippen molar-refractivity contribution in [3.63, 3.8) is 0 Å². The van der Waals surface area contributed by atoms with Crippen LogP contribution in [0.25, 0.3) is 0 Å². The molecule has 0 saturated carbocycles. The van der Waals surface area contributed by atoms with Crippen LogP contribution >= 0.6 is 11.3 Å². The molecule has 0 aliphatic carbocycles. The molecule has 18 heavy (non-hydrogen) atoms. The van der Waals surface area contributed by atoms with E-state index in [-0.39, 0.29) is 11.8 Å². The Morgan fingerprint density at radius 2 is 2.50 bits per heavy atom. The fourth-order valence-corrected chi connectivity index (χ4v) is 3.42. The fourth-order valence-electron chi connectivity index (χ4n) is 2.33. The van der Waals surface area contributed by atoms with Gasteiger partial charge in [0.05, 0.1) is 18.2 Å². The van der Waals surface area contributed by atoms with Gasteiger partial charge in [0, 0.05) is 31.0 Å². The zero-order valence-corrected chi connectivity index (χ0v) is 11.3. The van der Waals surface area contributed by atoms with Crippen LogP contribution in [0.15, 0.2) is 0 Å². The Kier molecular flexibility index (Phi) is 3.32. The number of hydrogen-bond donors (Lipinski definition) is 1. The van der Waals surface area contributed by atoms with Gasteiger partial charge in [0.25, 0.3) is 0 Å². The van der Waals surface area contributed by atoms with Gasteiger partial charge in [-0.1, -0.05) is 0 Å². The number of carbonyl (C=O) groups excluding carboxylic acids is 1. The topological polar surface area (TPSA) is 54.5 Å². The quantitative estimate of drug-likeness (QED) is 0.872. The lowest BCUT2D eigenvalue weighted by atomic mass is 10.1. The highest BCUT2D eigenvalue weighted by atomic mass is 32.1. The van der Waals surface area contributed by atoms with E-state index < -0.39 is 0 Å². The number of thiazole rings is 1. The number of hydrogen-bond acceptors (Lipinski definition) is 5. The first-order valence-electron chi connectivity index (χ1n) is 6.28. The number of ether oxygens (including phenoxy) is 1. The number of fused-ring (bicyclic) bond motifs is 1. The van der Waals surface area contributed by atoms with E-state index in [0.29, 0.717) is 13.2 Å². The summed E-state index contributed by atoms with van der Waals surface area (Å²) in [7, 11) is 2.11. The van der Waals surface area contributed by atoms with Crippen molar-refractivity contribution in [3.8, 4) is 0 Å². The van der Waals surface area contributed by atoms with Crippen LogP contribution in [0.2, 0.25) is 0 Å². The van der Waals surface area contributed by atoms with E-state index in [0.717, 1.165) is 36.8 Å². The highest BCUT2D eigenvalue weighted by Crippen LogP contribution is 2.28. The standard InChI is InChI=1S/C12H17N3O2S/c1-15-4-2-9-10(6-15)18-12(13-9)14-11(16)8-3-5-17-7-8/h8H,2-7H2,1H3,(H,13,14,16). The third-order valence-electron chi connectivity index (χ3n) is 3.45. The fraction of sp³-hybridized carbons (Fsp3) is 0.667. The molecule has 0 bridgehead atoms. The Labute approximate surface area is 110 Å². The van der Waals surface area contributed by atoms with Gasteiger partial charge in [0.2, 0.25) is 5.91 Å². The van der Waals surface area contributed by atoms with Gasteiger partial charge in [-0.25, -0.2) is 4.98 Å². The summed E-state index contributed by atoms with van der Waals surface area (Å²) in [6.07, 6.45) is 1.80. The van der Waals surface area contributed by atoms with E-state index in [1.54, 1.807) is 11.3 Å². The van der Waals surface area contributed by atoms with E-state index in [1.165, 1.54) is 4.88 Å². The molecule has 1 unspecified atom stereocenters. The molecule has 3 heterocycles. The lowest BCUT2D eigenvalue weighted by Crippen LogP contribution is -2.25. The summed E-state index contributed by atoms with van der Waals surface area (Å²) in [5.41, 5.74) is 1.15. The second kappa shape index (κ2) is 4.95. The van der Waals surface area contributed by atoms with Gasteiger partial charge >= 0.3 is 0 Å². The van der Waals surface area contributed by atoms with Gasteiger partial charge in [0.15, 0.2) is 5.13 Å². The highest BCUT2D eigenvalue weighted by molar-refractivity contribution is 7.15. The van der Waals surface area contributed by atoms with E-state index in [2.05, 4.69) is 22.2 Å². The first-order chi connectivity index (χ1) is 8.72. The van der Waals surface area contributed by atoms with Crippen molar-refractivity contribution >= 4 is 22.4 Å². The zero-order valence-electron chi connectivity index (χ0n) is 10.4. The highest BCUT2D eigenvalue weighted by Gasteiger charge is 2.25. The van der Waals surface area contributed by atoms with Crippen LogP contribution in [0.1, 0.15) is 17.0 Å². The van der Waals surface area contributed by atoms with Crippen molar-refractivity contribution in [2.75, 3.05) is 32.1 Å². The predicted molar refractivity (Wildman–Crippen MR) is 69.7 cm³/mol. The molecular formula is C12H17N3O2S. The first-order valence-corrected chi connectivity index (χ1v) is 7.10. The van der Waals surface area contributed by atoms with Gasteiger partial charge in [-0.15, -0.1) is 11.3 Å². The molecule has 2 aliphatic heterocycles. The van der Waals surface area contributed by atoms with Crippen molar-refractivity contribution in [1.29, 1.82) is 0 Å². The minimum atomic E-state index is -0.00592. The average molecular weight is 267 g/mol. The first kappa shape index (κ1) is 12.1. The third kappa shape index (κ3) is 2.41. The summed E-state index contributed by atoms with van der Waals surface area (Å²) in [5.74, 6) is 0.0422. The van der Waals surface area contributed by atoms with Crippen molar-refractivity contribution < 1.29 is 9.53 Å². The van der Waals surface area contributed by atoms with Gasteiger partial charge in [0.1, 0.15) is 0 Å². The molecule has 1 aromatic rings. The molecule has 1 saturated heterocycles. The molecule has 1 atom stereocenters. The second-order valence-electron chi connectivity index (χ2n) is 4.93. The van der Waals surface area contributed by atoms with Crippen LogP contribution in [-0.2, 0) is 22.5 Å². The lowest BCUT2D eigenvalue weighted by Gasteiger charge is -2.20. The Hall–Kier alpha value is -0.980. The van der Waals surface area contributed by atoms with E-state index >= 15 is 0 Å². The molecule has 0 spiro atoms. The van der Waals surface area contributed by atoms with Crippen LogP contribution in [0.4, 0.5) is 5.13 Å². The van der Waals surface area contributed by atoms with Gasteiger partial charge in [-0.05, 0) is 13.5 Å². The molecule has 1 amide bonds. The maximum absolute atomic E-state index is 12.0. The molecule has 2 aliphatic rings. The number of amides is 1. The second-order valence-corrected chi connectivity index (χ2v) is 6.01. The van der Waals surface area contributed by atoms with E-state index in [1.807, 2.05) is 0 Å². The Bertz CT molecular complexity index is 454. The number of rotatable bonds is 2. The molecule has 1 aromatic heterocycles. The van der Waals surface area contributed by atoms with Crippen molar-refractivity contribution in [2.24, 2.45) is 5.92 Å². The molecule has 5 nitrogen and oxygen atoms in total. The van der Waals surface area contributed by atoms with E-state index in [4.69, 9.17) is 4.74 Å². The number of likely N-dealkylation sites (N-methyl/N-ethyl adjacent to an activating group) is 1. The van der Waals surface area contributed by atoms with E-state index in [9.17, 15) is 4.79 Å². The minimum Gasteiger partial charge on any atom is -0.381 e. The number of nitrogens with zero attached hydrogens (tertiary/aromatic N) is 2. The van der Waals surface area contributed by atoms with Crippen LogP contribution in [-0.4, -0.2) is 42.6 Å². The summed E-state index contributed by atoms with van der Waals surface area (Å²) in [4.78, 5) is 20.0. The predicted octanol–water partition coefficient (Wildman–Crippen LogP) is 1.11. The molecule has 98 valence electrons. The van der Waals surface area contributed by atoms with Crippen molar-refractivity contribution in [1.82, 2.24) is 9.88 Å². The lowest BCUT2D eigenvalue weighted by molar-refractivity contribution is -0.119. The summed E-state index contributed by atoms with van der Waals surface area (Å²) in [5, 5.41) is 3.67. The minimum absolute atomic E-state index is 0.00592. The van der Waals surface area contributed by atoms with Gasteiger partial charge in [-0.3, -0.25) is 4.79 Å². The normalized spacial score (nSPS) is 23.9. The maximum Gasteiger partial charge on any atom is 0.231 e. The molecular weight excluding hydrogens is 250 g/mol. The molecule has 0 aromatic carbocycles. The largest absolute Gasteiger partial charge is 0.381 e. The zero-order chi connectivity index (χ0) is 12.5. The van der Waals surface area contributed by atoms with Gasteiger partial charge < -0.3 is 15.0 Å². The Morgan fingerprint density at radius 3 is 3.28 bits per heavy atom. The number of nitrogens with one attached hydrogen (secondary N) is 1. The number of aromatic nitrogens is 1. The summed E-state index contributed by atoms with van der Waals surface area (Å²) >= 11 is 1.60. The maximum atomic E-state index is 12.0.